The zero-order chi connectivity index (χ0) is 24.7. The van der Waals surface area contributed by atoms with Crippen LogP contribution in [0.25, 0.3) is 10.4 Å². The number of carbonyl (C=O) groups excluding carboxylic acids is 2. The first-order chi connectivity index (χ1) is 16.1. The Kier molecular flexibility index (Phi) is 7.24. The fourth-order valence-corrected chi connectivity index (χ4v) is 9.34. The van der Waals surface area contributed by atoms with Crippen molar-refractivity contribution in [2.45, 2.75) is 104 Å². The van der Waals surface area contributed by atoms with Crippen molar-refractivity contribution in [3.05, 3.63) is 10.4 Å². The van der Waals surface area contributed by atoms with E-state index < -0.39 is 0 Å². The summed E-state index contributed by atoms with van der Waals surface area (Å²) in [7, 11) is 1.47. The molecule has 0 N–H and O–H groups in total. The summed E-state index contributed by atoms with van der Waals surface area (Å²) in [6, 6.07) is 0.0258. The lowest BCUT2D eigenvalue weighted by molar-refractivity contribution is -0.162. The van der Waals surface area contributed by atoms with Crippen LogP contribution in [0, 0.1) is 46.3 Å². The molecule has 7 heteroatoms. The summed E-state index contributed by atoms with van der Waals surface area (Å²) >= 11 is 0. The van der Waals surface area contributed by atoms with Gasteiger partial charge in [0.25, 0.3) is 0 Å². The highest BCUT2D eigenvalue weighted by atomic mass is 16.5. The van der Waals surface area contributed by atoms with E-state index in [2.05, 4.69) is 30.8 Å². The van der Waals surface area contributed by atoms with Gasteiger partial charge in [0, 0.05) is 24.3 Å². The molecule has 0 bridgehead atoms. The normalized spacial score (nSPS) is 44.0. The van der Waals surface area contributed by atoms with E-state index >= 15 is 0 Å². The van der Waals surface area contributed by atoms with Gasteiger partial charge in [-0.2, -0.15) is 0 Å². The van der Waals surface area contributed by atoms with Crippen molar-refractivity contribution in [2.24, 2.45) is 51.5 Å². The first-order valence-electron chi connectivity index (χ1n) is 13.4. The van der Waals surface area contributed by atoms with Gasteiger partial charge in [0.1, 0.15) is 6.10 Å². The second-order valence-corrected chi connectivity index (χ2v) is 12.3. The number of esters is 2. The molecule has 10 atom stereocenters. The molecule has 34 heavy (non-hydrogen) atoms. The molecule has 1 unspecified atom stereocenters. The van der Waals surface area contributed by atoms with Crippen molar-refractivity contribution in [1.29, 1.82) is 0 Å². The quantitative estimate of drug-likeness (QED) is 0.191. The standard InChI is InChI=1S/C27H43N3O4/c1-16(6-9-24(32)33-5)20-7-8-21-25-22(11-13-27(20,21)4)26(3)12-10-19(34-17(2)31)14-18(26)15-23(25)29-30-28/h16,18-23,25H,6-15H2,1-5H3/t16?,18-,19+,20+,21-,22-,23-,25-,26-,27+/m0/s1. The monoisotopic (exact) mass is 473 g/mol. The maximum atomic E-state index is 11.8. The van der Waals surface area contributed by atoms with Crippen LogP contribution in [0.4, 0.5) is 0 Å². The summed E-state index contributed by atoms with van der Waals surface area (Å²) in [5.41, 5.74) is 9.93. The molecule has 0 aromatic heterocycles. The van der Waals surface area contributed by atoms with Crippen molar-refractivity contribution in [3.8, 4) is 0 Å². The van der Waals surface area contributed by atoms with Crippen LogP contribution in [-0.2, 0) is 19.1 Å². The van der Waals surface area contributed by atoms with E-state index in [0.29, 0.717) is 41.9 Å². The number of azide groups is 1. The summed E-state index contributed by atoms with van der Waals surface area (Å²) in [6.45, 7) is 8.77. The van der Waals surface area contributed by atoms with Crippen LogP contribution in [0.2, 0.25) is 0 Å². The minimum Gasteiger partial charge on any atom is -0.469 e. The maximum absolute atomic E-state index is 11.8. The molecule has 4 aliphatic rings. The van der Waals surface area contributed by atoms with E-state index in [0.717, 1.165) is 32.1 Å². The molecule has 0 aromatic carbocycles. The summed E-state index contributed by atoms with van der Waals surface area (Å²) in [5, 5.41) is 4.42. The largest absolute Gasteiger partial charge is 0.469 e. The van der Waals surface area contributed by atoms with Gasteiger partial charge < -0.3 is 9.47 Å². The average Bonchev–Trinajstić information content (AvgIpc) is 3.15. The highest BCUT2D eigenvalue weighted by Crippen LogP contribution is 2.68. The Balaban J connectivity index is 1.56. The van der Waals surface area contributed by atoms with Crippen molar-refractivity contribution >= 4 is 11.9 Å². The number of fused-ring (bicyclic) bond motifs is 5. The third kappa shape index (κ3) is 4.34. The summed E-state index contributed by atoms with van der Waals surface area (Å²) in [6.07, 6.45) is 9.99. The van der Waals surface area contributed by atoms with Gasteiger partial charge in [-0.15, -0.1) is 0 Å². The number of carbonyl (C=O) groups is 2. The van der Waals surface area contributed by atoms with Crippen molar-refractivity contribution < 1.29 is 19.1 Å². The fraction of sp³-hybridized carbons (Fsp3) is 0.926. The molecule has 0 heterocycles. The third-order valence-corrected chi connectivity index (χ3v) is 11.0. The van der Waals surface area contributed by atoms with Gasteiger partial charge in [-0.05, 0) is 110 Å². The van der Waals surface area contributed by atoms with Crippen LogP contribution in [0.5, 0.6) is 0 Å². The minimum absolute atomic E-state index is 0.000724. The topological polar surface area (TPSA) is 101 Å². The Bertz CT molecular complexity index is 842. The maximum Gasteiger partial charge on any atom is 0.305 e. The molecule has 0 aromatic rings. The van der Waals surface area contributed by atoms with Gasteiger partial charge in [0.05, 0.1) is 7.11 Å². The van der Waals surface area contributed by atoms with Crippen molar-refractivity contribution in [1.82, 2.24) is 0 Å². The molecule has 0 amide bonds. The number of hydrogen-bond acceptors (Lipinski definition) is 5. The van der Waals surface area contributed by atoms with E-state index in [9.17, 15) is 15.1 Å². The Labute approximate surface area is 204 Å². The Morgan fingerprint density at radius 3 is 2.47 bits per heavy atom. The zero-order valence-corrected chi connectivity index (χ0v) is 21.7. The molecule has 4 aliphatic carbocycles. The van der Waals surface area contributed by atoms with Gasteiger partial charge in [-0.3, -0.25) is 9.59 Å². The molecule has 0 radical (unpaired) electrons. The number of rotatable bonds is 6. The second-order valence-electron chi connectivity index (χ2n) is 12.3. The molecule has 7 nitrogen and oxygen atoms in total. The number of methoxy groups -OCH3 is 1. The van der Waals surface area contributed by atoms with Gasteiger partial charge in [0.2, 0.25) is 0 Å². The van der Waals surface area contributed by atoms with Gasteiger partial charge >= 0.3 is 11.9 Å². The SMILES string of the molecule is COC(=O)CCC(C)[C@H]1CC[C@H]2[C@@H]3[C@@H](N=[N+]=[N-])C[C@@H]4C[C@H](OC(C)=O)CC[C@]4(C)[C@H]3CC[C@]12C. The summed E-state index contributed by atoms with van der Waals surface area (Å²) in [4.78, 5) is 26.6. The predicted molar refractivity (Wildman–Crippen MR) is 130 cm³/mol. The molecule has 190 valence electrons. The molecule has 4 rings (SSSR count). The van der Waals surface area contributed by atoms with E-state index in [4.69, 9.17) is 9.47 Å². The number of nitrogens with zero attached hydrogens (tertiary/aromatic N) is 3. The highest BCUT2D eigenvalue weighted by Gasteiger charge is 2.63. The van der Waals surface area contributed by atoms with E-state index in [1.54, 1.807) is 0 Å². The Morgan fingerprint density at radius 1 is 1.09 bits per heavy atom. The lowest BCUT2D eigenvalue weighted by atomic mass is 9.43. The van der Waals surface area contributed by atoms with Crippen LogP contribution >= 0.6 is 0 Å². The van der Waals surface area contributed by atoms with Crippen LogP contribution in [-0.4, -0.2) is 31.2 Å². The molecule has 0 saturated heterocycles. The third-order valence-electron chi connectivity index (χ3n) is 11.0. The van der Waals surface area contributed by atoms with E-state index in [1.807, 2.05) is 0 Å². The van der Waals surface area contributed by atoms with Crippen LogP contribution in [0.1, 0.15) is 91.9 Å². The molecule has 4 saturated carbocycles. The Morgan fingerprint density at radius 2 is 1.79 bits per heavy atom. The van der Waals surface area contributed by atoms with Crippen LogP contribution in [0.15, 0.2) is 5.11 Å². The molecule has 0 aliphatic heterocycles. The van der Waals surface area contributed by atoms with Gasteiger partial charge in [-0.1, -0.05) is 25.9 Å². The van der Waals surface area contributed by atoms with Crippen LogP contribution < -0.4 is 0 Å². The number of ether oxygens (including phenoxy) is 2. The van der Waals surface area contributed by atoms with E-state index in [1.165, 1.54) is 39.7 Å². The smallest absolute Gasteiger partial charge is 0.305 e. The summed E-state index contributed by atoms with van der Waals surface area (Å²) < 4.78 is 10.5. The average molecular weight is 474 g/mol. The second kappa shape index (κ2) is 9.72. The van der Waals surface area contributed by atoms with Gasteiger partial charge in [0.15, 0.2) is 0 Å². The molecular formula is C27H43N3O4. The Hall–Kier alpha value is -1.75. The van der Waals surface area contributed by atoms with Crippen molar-refractivity contribution in [3.63, 3.8) is 0 Å². The van der Waals surface area contributed by atoms with E-state index in [-0.39, 0.29) is 34.9 Å². The van der Waals surface area contributed by atoms with Gasteiger partial charge in [-0.25, -0.2) is 0 Å². The minimum atomic E-state index is -0.194. The first kappa shape index (κ1) is 25.3. The first-order valence-corrected chi connectivity index (χ1v) is 13.4. The number of hydrogen-bond donors (Lipinski definition) is 0. The predicted octanol–water partition coefficient (Wildman–Crippen LogP) is 6.46. The zero-order valence-electron chi connectivity index (χ0n) is 21.7. The summed E-state index contributed by atoms with van der Waals surface area (Å²) in [5.74, 6) is 2.75. The fourth-order valence-electron chi connectivity index (χ4n) is 9.34. The lowest BCUT2D eigenvalue weighted by Gasteiger charge is -2.63. The highest BCUT2D eigenvalue weighted by molar-refractivity contribution is 5.69. The molecular weight excluding hydrogens is 430 g/mol. The van der Waals surface area contributed by atoms with Crippen molar-refractivity contribution in [2.75, 3.05) is 7.11 Å². The lowest BCUT2D eigenvalue weighted by Crippen LogP contribution is -2.58. The van der Waals surface area contributed by atoms with Crippen LogP contribution in [0.3, 0.4) is 0 Å². The molecule has 0 spiro atoms. The molecule has 4 fully saturated rings.